The quantitative estimate of drug-likeness (QED) is 0.748. The van der Waals surface area contributed by atoms with Crippen LogP contribution >= 0.6 is 34.8 Å². The van der Waals surface area contributed by atoms with Crippen molar-refractivity contribution < 1.29 is 18.3 Å². The number of halogens is 6. The molecule has 0 aliphatic rings. The predicted molar refractivity (Wildman–Crippen MR) is 75.6 cm³/mol. The van der Waals surface area contributed by atoms with E-state index in [-0.39, 0.29) is 26.3 Å². The number of hydrogen-bond acceptors (Lipinski definition) is 2. The SMILES string of the molecule is OCc1cc(-c2cc(Cl)c(Cl)c(Cl)c2)ncc1C(F)(F)F. The minimum atomic E-state index is -4.58. The number of rotatable bonds is 2. The summed E-state index contributed by atoms with van der Waals surface area (Å²) >= 11 is 17.6. The van der Waals surface area contributed by atoms with Gasteiger partial charge in [0, 0.05) is 11.8 Å². The fraction of sp³-hybridized carbons (Fsp3) is 0.154. The van der Waals surface area contributed by atoms with Crippen LogP contribution in [0.3, 0.4) is 0 Å². The van der Waals surface area contributed by atoms with Gasteiger partial charge in [-0.05, 0) is 23.8 Å². The molecule has 0 spiro atoms. The lowest BCUT2D eigenvalue weighted by Crippen LogP contribution is -2.10. The van der Waals surface area contributed by atoms with E-state index in [0.717, 1.165) is 6.07 Å². The lowest BCUT2D eigenvalue weighted by molar-refractivity contribution is -0.138. The summed E-state index contributed by atoms with van der Waals surface area (Å²) in [6.07, 6.45) is -3.92. The number of aromatic nitrogens is 1. The molecule has 112 valence electrons. The number of hydrogen-bond donors (Lipinski definition) is 1. The average molecular weight is 357 g/mol. The molecule has 0 fully saturated rings. The summed E-state index contributed by atoms with van der Waals surface area (Å²) < 4.78 is 38.2. The van der Waals surface area contributed by atoms with Crippen LogP contribution in [0.1, 0.15) is 11.1 Å². The van der Waals surface area contributed by atoms with E-state index in [1.165, 1.54) is 12.1 Å². The minimum Gasteiger partial charge on any atom is -0.392 e. The first kappa shape index (κ1) is 16.4. The number of alkyl halides is 3. The van der Waals surface area contributed by atoms with E-state index < -0.39 is 18.3 Å². The molecule has 2 rings (SSSR count). The second kappa shape index (κ2) is 6.01. The van der Waals surface area contributed by atoms with E-state index in [9.17, 15) is 13.2 Å². The minimum absolute atomic E-state index is 0.149. The van der Waals surface area contributed by atoms with Gasteiger partial charge in [0.15, 0.2) is 0 Å². The monoisotopic (exact) mass is 355 g/mol. The van der Waals surface area contributed by atoms with Crippen LogP contribution in [0.25, 0.3) is 11.3 Å². The molecule has 1 N–H and O–H groups in total. The molecule has 21 heavy (non-hydrogen) atoms. The number of aliphatic hydroxyl groups excluding tert-OH is 1. The molecule has 1 aromatic heterocycles. The molecule has 0 aliphatic heterocycles. The van der Waals surface area contributed by atoms with Gasteiger partial charge in [0.25, 0.3) is 0 Å². The highest BCUT2D eigenvalue weighted by Gasteiger charge is 2.33. The van der Waals surface area contributed by atoms with Crippen LogP contribution in [0.5, 0.6) is 0 Å². The van der Waals surface area contributed by atoms with Gasteiger partial charge in [0.1, 0.15) is 0 Å². The van der Waals surface area contributed by atoms with Gasteiger partial charge in [-0.15, -0.1) is 0 Å². The molecule has 0 saturated carbocycles. The zero-order valence-corrected chi connectivity index (χ0v) is 12.4. The van der Waals surface area contributed by atoms with Gasteiger partial charge in [-0.25, -0.2) is 0 Å². The Morgan fingerprint density at radius 3 is 2.10 bits per heavy atom. The molecular formula is C13H7Cl3F3NO. The molecule has 0 bridgehead atoms. The Morgan fingerprint density at radius 2 is 1.62 bits per heavy atom. The van der Waals surface area contributed by atoms with Gasteiger partial charge in [0.05, 0.1) is 32.9 Å². The van der Waals surface area contributed by atoms with Gasteiger partial charge in [0.2, 0.25) is 0 Å². The highest BCUT2D eigenvalue weighted by atomic mass is 35.5. The van der Waals surface area contributed by atoms with E-state index in [4.69, 9.17) is 39.9 Å². The van der Waals surface area contributed by atoms with Crippen molar-refractivity contribution in [2.45, 2.75) is 12.8 Å². The maximum absolute atomic E-state index is 12.7. The van der Waals surface area contributed by atoms with Crippen molar-refractivity contribution in [1.29, 1.82) is 0 Å². The Kier molecular flexibility index (Phi) is 4.68. The first-order valence-corrected chi connectivity index (χ1v) is 6.69. The summed E-state index contributed by atoms with van der Waals surface area (Å²) in [6, 6.07) is 4.01. The Balaban J connectivity index is 2.56. The van der Waals surface area contributed by atoms with Crippen molar-refractivity contribution in [3.05, 3.63) is 50.6 Å². The first-order chi connectivity index (χ1) is 9.74. The summed E-state index contributed by atoms with van der Waals surface area (Å²) in [5, 5.41) is 9.57. The van der Waals surface area contributed by atoms with Crippen molar-refractivity contribution in [3.8, 4) is 11.3 Å². The maximum atomic E-state index is 12.7. The Bertz CT molecular complexity index is 666. The smallest absolute Gasteiger partial charge is 0.392 e. The second-order valence-electron chi connectivity index (χ2n) is 4.14. The van der Waals surface area contributed by atoms with Crippen LogP contribution in [0.2, 0.25) is 15.1 Å². The molecule has 2 nitrogen and oxygen atoms in total. The van der Waals surface area contributed by atoms with Crippen LogP contribution in [0.4, 0.5) is 13.2 Å². The van der Waals surface area contributed by atoms with Crippen LogP contribution < -0.4 is 0 Å². The number of pyridine rings is 1. The van der Waals surface area contributed by atoms with Gasteiger partial charge in [-0.1, -0.05) is 34.8 Å². The highest BCUT2D eigenvalue weighted by Crippen LogP contribution is 2.36. The number of benzene rings is 1. The molecule has 0 amide bonds. The number of nitrogens with zero attached hydrogens (tertiary/aromatic N) is 1. The molecular weight excluding hydrogens is 350 g/mol. The normalized spacial score (nSPS) is 11.8. The van der Waals surface area contributed by atoms with Crippen LogP contribution in [-0.2, 0) is 12.8 Å². The molecule has 0 unspecified atom stereocenters. The topological polar surface area (TPSA) is 33.1 Å². The lowest BCUT2D eigenvalue weighted by Gasteiger charge is -2.12. The van der Waals surface area contributed by atoms with Crippen molar-refractivity contribution >= 4 is 34.8 Å². The van der Waals surface area contributed by atoms with Crippen molar-refractivity contribution in [2.24, 2.45) is 0 Å². The van der Waals surface area contributed by atoms with E-state index in [1.807, 2.05) is 0 Å². The van der Waals surface area contributed by atoms with E-state index >= 15 is 0 Å². The summed E-state index contributed by atoms with van der Waals surface area (Å²) in [4.78, 5) is 3.74. The third-order valence-electron chi connectivity index (χ3n) is 2.74. The predicted octanol–water partition coefficient (Wildman–Crippen LogP) is 5.22. The lowest BCUT2D eigenvalue weighted by atomic mass is 10.1. The molecule has 1 heterocycles. The zero-order valence-electron chi connectivity index (χ0n) is 10.2. The maximum Gasteiger partial charge on any atom is 0.418 e. The van der Waals surface area contributed by atoms with E-state index in [0.29, 0.717) is 11.8 Å². The summed E-state index contributed by atoms with van der Waals surface area (Å²) in [5.74, 6) is 0. The van der Waals surface area contributed by atoms with Crippen molar-refractivity contribution in [3.63, 3.8) is 0 Å². The standard InChI is InChI=1S/C13H7Cl3F3NO/c14-9-1-6(2-10(15)12(9)16)11-3-7(5-21)8(4-20-11)13(17,18)19/h1-4,21H,5H2. The average Bonchev–Trinajstić information content (AvgIpc) is 2.42. The largest absolute Gasteiger partial charge is 0.418 e. The summed E-state index contributed by atoms with van der Waals surface area (Å²) in [5.41, 5.74) is -0.667. The summed E-state index contributed by atoms with van der Waals surface area (Å²) in [7, 11) is 0. The molecule has 0 saturated heterocycles. The molecule has 2 aromatic rings. The van der Waals surface area contributed by atoms with Gasteiger partial charge < -0.3 is 5.11 Å². The zero-order chi connectivity index (χ0) is 15.8. The molecule has 1 aromatic carbocycles. The summed E-state index contributed by atoms with van der Waals surface area (Å²) in [6.45, 7) is -0.764. The number of aliphatic hydroxyl groups is 1. The van der Waals surface area contributed by atoms with Crippen molar-refractivity contribution in [2.75, 3.05) is 0 Å². The van der Waals surface area contributed by atoms with Gasteiger partial charge >= 0.3 is 6.18 Å². The second-order valence-corrected chi connectivity index (χ2v) is 5.33. The fourth-order valence-electron chi connectivity index (χ4n) is 1.74. The van der Waals surface area contributed by atoms with Crippen molar-refractivity contribution in [1.82, 2.24) is 4.98 Å². The molecule has 0 aliphatic carbocycles. The Morgan fingerprint density at radius 1 is 1.05 bits per heavy atom. The molecule has 0 atom stereocenters. The highest BCUT2D eigenvalue weighted by molar-refractivity contribution is 6.48. The molecule has 0 radical (unpaired) electrons. The fourth-order valence-corrected chi connectivity index (χ4v) is 2.34. The third kappa shape index (κ3) is 3.43. The molecule has 8 heteroatoms. The van der Waals surface area contributed by atoms with E-state index in [2.05, 4.69) is 4.98 Å². The Hall–Kier alpha value is -1.01. The van der Waals surface area contributed by atoms with Gasteiger partial charge in [-0.2, -0.15) is 13.2 Å². The Labute approximate surface area is 133 Å². The first-order valence-electron chi connectivity index (χ1n) is 5.56. The van der Waals surface area contributed by atoms with Crippen LogP contribution in [0, 0.1) is 0 Å². The van der Waals surface area contributed by atoms with Crippen LogP contribution in [0.15, 0.2) is 24.4 Å². The van der Waals surface area contributed by atoms with Crippen LogP contribution in [-0.4, -0.2) is 10.1 Å². The van der Waals surface area contributed by atoms with Gasteiger partial charge in [-0.3, -0.25) is 4.98 Å². The third-order valence-corrected chi connectivity index (χ3v) is 3.94. The van der Waals surface area contributed by atoms with E-state index in [1.54, 1.807) is 0 Å².